The normalized spacial score (nSPS) is 17.2. The fraction of sp³-hybridized carbons (Fsp3) is 0.857. The molecule has 0 aromatic rings. The van der Waals surface area contributed by atoms with E-state index in [0.29, 0.717) is 19.7 Å². The molecule has 0 aromatic carbocycles. The van der Waals surface area contributed by atoms with Crippen molar-refractivity contribution in [3.05, 3.63) is 0 Å². The van der Waals surface area contributed by atoms with E-state index in [1.165, 1.54) is 0 Å². The van der Waals surface area contributed by atoms with Crippen LogP contribution >= 0.6 is 17.2 Å². The van der Waals surface area contributed by atoms with E-state index in [0.717, 1.165) is 17.2 Å². The van der Waals surface area contributed by atoms with Crippen LogP contribution in [0, 0.1) is 0 Å². The van der Waals surface area contributed by atoms with Gasteiger partial charge >= 0.3 is 0 Å². The molecule has 12 heavy (non-hydrogen) atoms. The molecule has 0 N–H and O–H groups in total. The molecule has 2 unspecified atom stereocenters. The zero-order valence-electron chi connectivity index (χ0n) is 7.72. The van der Waals surface area contributed by atoms with Gasteiger partial charge in [0.15, 0.2) is 0 Å². The van der Waals surface area contributed by atoms with Crippen molar-refractivity contribution in [2.75, 3.05) is 26.5 Å². The number of rotatable bonds is 7. The number of carbonyl (C=O) groups is 1. The number of hydrogen-bond acceptors (Lipinski definition) is 3. The molecule has 0 saturated heterocycles. The Balaban J connectivity index is 3.51. The van der Waals surface area contributed by atoms with Gasteiger partial charge < -0.3 is 9.47 Å². The summed E-state index contributed by atoms with van der Waals surface area (Å²) in [7, 11) is 1.52. The molecule has 0 amide bonds. The number of hydrogen-bond donors (Lipinski definition) is 0. The highest BCUT2D eigenvalue weighted by Crippen LogP contribution is 2.43. The molecule has 0 aromatic heterocycles. The van der Waals surface area contributed by atoms with Crippen LogP contribution in [0.3, 0.4) is 0 Å². The summed E-state index contributed by atoms with van der Waals surface area (Å²) >= 11 is 0. The Hall–Kier alpha value is 0.290. The molecule has 0 saturated carbocycles. The second-order valence-electron chi connectivity index (χ2n) is 2.35. The Labute approximate surface area is 77.1 Å². The molecule has 0 aliphatic rings. The van der Waals surface area contributed by atoms with Crippen LogP contribution in [0.25, 0.3) is 0 Å². The van der Waals surface area contributed by atoms with Crippen LogP contribution < -0.4 is 0 Å². The van der Waals surface area contributed by atoms with Crippen LogP contribution in [0.1, 0.15) is 6.92 Å². The molecule has 0 fully saturated rings. The fourth-order valence-electron chi connectivity index (χ4n) is 0.611. The monoisotopic (exact) mass is 210 g/mol. The molecule has 72 valence electrons. The largest absolute Gasteiger partial charge is 0.465 e. The lowest BCUT2D eigenvalue weighted by atomic mass is 10.7. The first kappa shape index (κ1) is 12.3. The van der Waals surface area contributed by atoms with Gasteiger partial charge in [0.25, 0.3) is 6.47 Å². The van der Waals surface area contributed by atoms with Crippen LogP contribution in [0.15, 0.2) is 0 Å². The van der Waals surface area contributed by atoms with Crippen LogP contribution in [0.2, 0.25) is 0 Å². The standard InChI is InChI=1S/C7H16O3P2/c1-7(11-2,12-3)10-5-4-9-6-8/h6,11-12H,4-5H2,1-3H3. The van der Waals surface area contributed by atoms with Gasteiger partial charge in [-0.3, -0.25) is 4.79 Å². The van der Waals surface area contributed by atoms with Crippen molar-refractivity contribution in [1.82, 2.24) is 0 Å². The molecule has 0 radical (unpaired) electrons. The van der Waals surface area contributed by atoms with Crippen molar-refractivity contribution in [3.63, 3.8) is 0 Å². The third-order valence-corrected chi connectivity index (χ3v) is 5.31. The maximum absolute atomic E-state index is 9.79. The Kier molecular flexibility index (Phi) is 6.93. The highest BCUT2D eigenvalue weighted by molar-refractivity contribution is 7.58. The van der Waals surface area contributed by atoms with E-state index in [1.54, 1.807) is 0 Å². The predicted molar refractivity (Wildman–Crippen MR) is 54.9 cm³/mol. The summed E-state index contributed by atoms with van der Waals surface area (Å²) < 4.78 is 10.1. The third kappa shape index (κ3) is 5.03. The van der Waals surface area contributed by atoms with Crippen LogP contribution in [0.4, 0.5) is 0 Å². The summed E-state index contributed by atoms with van der Waals surface area (Å²) in [6.07, 6.45) is 0. The molecule has 2 atom stereocenters. The maximum Gasteiger partial charge on any atom is 0.293 e. The summed E-state index contributed by atoms with van der Waals surface area (Å²) in [4.78, 5) is 9.79. The minimum atomic E-state index is -0.00769. The first-order valence-electron chi connectivity index (χ1n) is 3.75. The van der Waals surface area contributed by atoms with E-state index in [1.807, 2.05) is 0 Å². The highest BCUT2D eigenvalue weighted by Gasteiger charge is 2.19. The molecular formula is C7H16O3P2. The maximum atomic E-state index is 9.79. The Morgan fingerprint density at radius 2 is 1.92 bits per heavy atom. The number of carbonyl (C=O) groups excluding carboxylic acids is 1. The van der Waals surface area contributed by atoms with Crippen molar-refractivity contribution in [3.8, 4) is 0 Å². The van der Waals surface area contributed by atoms with Gasteiger partial charge in [0.1, 0.15) is 6.61 Å². The van der Waals surface area contributed by atoms with Crippen LogP contribution in [-0.2, 0) is 14.3 Å². The number of ether oxygens (including phenoxy) is 2. The summed E-state index contributed by atoms with van der Waals surface area (Å²) in [5.74, 6) is 0. The minimum absolute atomic E-state index is 0.00769. The minimum Gasteiger partial charge on any atom is -0.465 e. The molecule has 0 rings (SSSR count). The average molecular weight is 210 g/mol. The summed E-state index contributed by atoms with van der Waals surface area (Å²) in [6.45, 7) is 7.63. The molecule has 0 heterocycles. The molecule has 3 nitrogen and oxygen atoms in total. The van der Waals surface area contributed by atoms with E-state index in [4.69, 9.17) is 4.74 Å². The predicted octanol–water partition coefficient (Wildman–Crippen LogP) is 1.47. The van der Waals surface area contributed by atoms with Crippen molar-refractivity contribution in [2.45, 2.75) is 12.0 Å². The van der Waals surface area contributed by atoms with E-state index in [2.05, 4.69) is 25.0 Å². The fourth-order valence-corrected chi connectivity index (χ4v) is 2.10. The van der Waals surface area contributed by atoms with Gasteiger partial charge in [0.05, 0.1) is 11.7 Å². The zero-order valence-corrected chi connectivity index (χ0v) is 9.72. The van der Waals surface area contributed by atoms with Crippen LogP contribution in [-0.4, -0.2) is 38.1 Å². The molecular weight excluding hydrogens is 194 g/mol. The van der Waals surface area contributed by atoms with Gasteiger partial charge in [0, 0.05) is 0 Å². The Morgan fingerprint density at radius 3 is 2.33 bits per heavy atom. The topological polar surface area (TPSA) is 35.5 Å². The quantitative estimate of drug-likeness (QED) is 0.362. The SMILES string of the molecule is CPC(C)(OCCOC=O)PC. The summed E-state index contributed by atoms with van der Waals surface area (Å²) in [6, 6.07) is 0. The lowest BCUT2D eigenvalue weighted by Gasteiger charge is -2.26. The Bertz CT molecular complexity index is 126. The van der Waals surface area contributed by atoms with Gasteiger partial charge in [-0.25, -0.2) is 0 Å². The van der Waals surface area contributed by atoms with E-state index in [9.17, 15) is 4.79 Å². The van der Waals surface area contributed by atoms with Crippen molar-refractivity contribution in [2.24, 2.45) is 0 Å². The van der Waals surface area contributed by atoms with Crippen LogP contribution in [0.5, 0.6) is 0 Å². The van der Waals surface area contributed by atoms with Gasteiger partial charge in [0.2, 0.25) is 0 Å². The van der Waals surface area contributed by atoms with E-state index >= 15 is 0 Å². The third-order valence-electron chi connectivity index (χ3n) is 1.61. The van der Waals surface area contributed by atoms with Gasteiger partial charge in [-0.05, 0) is 20.3 Å². The molecule has 0 aliphatic carbocycles. The smallest absolute Gasteiger partial charge is 0.293 e. The molecule has 0 spiro atoms. The van der Waals surface area contributed by atoms with Crippen molar-refractivity contribution < 1.29 is 14.3 Å². The summed E-state index contributed by atoms with van der Waals surface area (Å²) in [5, 5.41) is -0.00769. The second kappa shape index (κ2) is 6.77. The first-order valence-corrected chi connectivity index (χ1v) is 6.75. The molecule has 5 heteroatoms. The van der Waals surface area contributed by atoms with Gasteiger partial charge in [-0.2, -0.15) is 0 Å². The lowest BCUT2D eigenvalue weighted by molar-refractivity contribution is -0.130. The lowest BCUT2D eigenvalue weighted by Crippen LogP contribution is -2.19. The van der Waals surface area contributed by atoms with Gasteiger partial charge in [-0.15, -0.1) is 0 Å². The highest BCUT2D eigenvalue weighted by atomic mass is 31.1. The van der Waals surface area contributed by atoms with E-state index in [-0.39, 0.29) is 5.08 Å². The second-order valence-corrected chi connectivity index (χ2v) is 5.76. The zero-order chi connectivity index (χ0) is 9.45. The first-order chi connectivity index (χ1) is 5.68. The van der Waals surface area contributed by atoms with E-state index < -0.39 is 0 Å². The summed E-state index contributed by atoms with van der Waals surface area (Å²) in [5.41, 5.74) is 0. The molecule has 0 bridgehead atoms. The Morgan fingerprint density at radius 1 is 1.33 bits per heavy atom. The molecule has 0 aliphatic heterocycles. The van der Waals surface area contributed by atoms with Crippen molar-refractivity contribution in [1.29, 1.82) is 0 Å². The van der Waals surface area contributed by atoms with Crippen molar-refractivity contribution >= 4 is 23.6 Å². The average Bonchev–Trinajstić information content (AvgIpc) is 2.12. The van der Waals surface area contributed by atoms with Gasteiger partial charge in [-0.1, -0.05) is 17.2 Å².